The first-order chi connectivity index (χ1) is 13.6. The maximum absolute atomic E-state index is 12.1. The van der Waals surface area contributed by atoms with E-state index in [-0.39, 0.29) is 5.57 Å². The van der Waals surface area contributed by atoms with E-state index in [2.05, 4.69) is 0 Å². The number of ether oxygens (including phenoxy) is 1. The summed E-state index contributed by atoms with van der Waals surface area (Å²) in [5.74, 6) is -1.92. The Morgan fingerprint density at radius 2 is 2.00 bits per heavy atom. The number of esters is 1. The molecule has 0 spiro atoms. The van der Waals surface area contributed by atoms with Gasteiger partial charge in [-0.15, -0.1) is 0 Å². The fourth-order valence-corrected chi connectivity index (χ4v) is 3.02. The van der Waals surface area contributed by atoms with Crippen molar-refractivity contribution in [1.82, 2.24) is 9.88 Å². The first-order valence-corrected chi connectivity index (χ1v) is 8.92. The van der Waals surface area contributed by atoms with Crippen molar-refractivity contribution in [3.63, 3.8) is 0 Å². The molecule has 2 rings (SSSR count). The number of aryl methyl sites for hydroxylation is 1. The van der Waals surface area contributed by atoms with Gasteiger partial charge in [-0.3, -0.25) is 10.1 Å². The van der Waals surface area contributed by atoms with Gasteiger partial charge in [-0.1, -0.05) is 29.3 Å². The Labute approximate surface area is 176 Å². The first kappa shape index (κ1) is 22.0. The average Bonchev–Trinajstić information content (AvgIpc) is 2.93. The van der Waals surface area contributed by atoms with Crippen LogP contribution in [0.15, 0.2) is 29.8 Å². The molecule has 0 aliphatic carbocycles. The Kier molecular flexibility index (Phi) is 7.04. The topological polar surface area (TPSA) is 127 Å². The largest absolute Gasteiger partial charge is 0.451 e. The standard InChI is InChI=1S/C19H16Cl2N4O4/c1-10-6-12(11(2)25(10)15-5-3-4-14(20)17(15)21)7-13(8-22)18(27)29-9-16(26)24-19(23)28/h3-7H,9H2,1-2H3,(H3,23,24,26,28)/b13-7+. The lowest BCUT2D eigenvalue weighted by atomic mass is 10.1. The molecule has 0 saturated carbocycles. The summed E-state index contributed by atoms with van der Waals surface area (Å²) in [5.41, 5.74) is 7.20. The van der Waals surface area contributed by atoms with Gasteiger partial charge >= 0.3 is 12.0 Å². The number of nitrogens with two attached hydrogens (primary N) is 1. The fraction of sp³-hybridized carbons (Fsp3) is 0.158. The zero-order valence-corrected chi connectivity index (χ0v) is 17.0. The minimum absolute atomic E-state index is 0.325. The molecule has 2 aromatic rings. The third-order valence-corrected chi connectivity index (χ3v) is 4.69. The zero-order chi connectivity index (χ0) is 21.7. The van der Waals surface area contributed by atoms with E-state index in [1.54, 1.807) is 42.6 Å². The molecular formula is C19H16Cl2N4O4. The smallest absolute Gasteiger partial charge is 0.349 e. The van der Waals surface area contributed by atoms with Crippen LogP contribution in [0.2, 0.25) is 10.0 Å². The van der Waals surface area contributed by atoms with Gasteiger partial charge < -0.3 is 15.0 Å². The molecule has 3 N–H and O–H groups in total. The highest BCUT2D eigenvalue weighted by Gasteiger charge is 2.17. The number of rotatable bonds is 5. The molecule has 29 heavy (non-hydrogen) atoms. The van der Waals surface area contributed by atoms with Crippen molar-refractivity contribution in [3.8, 4) is 11.8 Å². The predicted octanol–water partition coefficient (Wildman–Crippen LogP) is 3.05. The summed E-state index contributed by atoms with van der Waals surface area (Å²) >= 11 is 12.4. The van der Waals surface area contributed by atoms with Crippen molar-refractivity contribution in [2.45, 2.75) is 13.8 Å². The first-order valence-electron chi connectivity index (χ1n) is 8.17. The Hall–Kier alpha value is -3.28. The number of urea groups is 1. The Morgan fingerprint density at radius 3 is 2.62 bits per heavy atom. The summed E-state index contributed by atoms with van der Waals surface area (Å²) in [5, 5.41) is 11.8. The minimum atomic E-state index is -1.07. The maximum Gasteiger partial charge on any atom is 0.349 e. The number of nitrogens with one attached hydrogen (secondary N) is 1. The van der Waals surface area contributed by atoms with Gasteiger partial charge in [-0.2, -0.15) is 5.26 Å². The second kappa shape index (κ2) is 9.28. The molecule has 0 atom stereocenters. The van der Waals surface area contributed by atoms with Gasteiger partial charge in [0.15, 0.2) is 6.61 Å². The molecule has 3 amide bonds. The highest BCUT2D eigenvalue weighted by Crippen LogP contribution is 2.32. The highest BCUT2D eigenvalue weighted by molar-refractivity contribution is 6.43. The van der Waals surface area contributed by atoms with Crippen molar-refractivity contribution < 1.29 is 19.1 Å². The number of imide groups is 1. The lowest BCUT2D eigenvalue weighted by Crippen LogP contribution is -2.37. The molecule has 0 unspecified atom stereocenters. The Balaban J connectivity index is 2.32. The number of carbonyl (C=O) groups is 3. The second-order valence-corrected chi connectivity index (χ2v) is 6.68. The number of carbonyl (C=O) groups excluding carboxylic acids is 3. The molecule has 8 nitrogen and oxygen atoms in total. The van der Waals surface area contributed by atoms with Crippen LogP contribution in [-0.2, 0) is 14.3 Å². The van der Waals surface area contributed by atoms with Crippen LogP contribution in [0.5, 0.6) is 0 Å². The average molecular weight is 435 g/mol. The van der Waals surface area contributed by atoms with Gasteiger partial charge in [0.1, 0.15) is 11.6 Å². The number of hydrogen-bond acceptors (Lipinski definition) is 5. The van der Waals surface area contributed by atoms with Crippen LogP contribution >= 0.6 is 23.2 Å². The fourth-order valence-electron chi connectivity index (χ4n) is 2.64. The summed E-state index contributed by atoms with van der Waals surface area (Å²) in [4.78, 5) is 34.0. The van der Waals surface area contributed by atoms with Gasteiger partial charge in [-0.05, 0) is 43.7 Å². The van der Waals surface area contributed by atoms with E-state index < -0.39 is 24.5 Å². The third-order valence-electron chi connectivity index (χ3n) is 3.88. The number of aromatic nitrogens is 1. The van der Waals surface area contributed by atoms with E-state index in [9.17, 15) is 19.6 Å². The maximum atomic E-state index is 12.1. The molecule has 1 heterocycles. The van der Waals surface area contributed by atoms with Gasteiger partial charge in [0.25, 0.3) is 5.91 Å². The summed E-state index contributed by atoms with van der Waals surface area (Å²) in [6.45, 7) is 2.87. The van der Waals surface area contributed by atoms with Crippen molar-refractivity contribution in [2.24, 2.45) is 5.73 Å². The molecule has 0 radical (unpaired) electrons. The number of hydrogen-bond donors (Lipinski definition) is 2. The van der Waals surface area contributed by atoms with Crippen molar-refractivity contribution in [2.75, 3.05) is 6.61 Å². The van der Waals surface area contributed by atoms with Crippen LogP contribution in [0.3, 0.4) is 0 Å². The third kappa shape index (κ3) is 5.16. The number of nitriles is 1. The van der Waals surface area contributed by atoms with Crippen LogP contribution in [-0.4, -0.2) is 29.1 Å². The summed E-state index contributed by atoms with van der Waals surface area (Å²) < 4.78 is 6.57. The van der Waals surface area contributed by atoms with E-state index >= 15 is 0 Å². The SMILES string of the molecule is Cc1cc(/C=C(\C#N)C(=O)OCC(=O)NC(N)=O)c(C)n1-c1cccc(Cl)c1Cl. The van der Waals surface area contributed by atoms with Gasteiger partial charge in [0.2, 0.25) is 0 Å². The molecule has 10 heteroatoms. The van der Waals surface area contributed by atoms with Gasteiger partial charge in [0, 0.05) is 11.4 Å². The minimum Gasteiger partial charge on any atom is -0.451 e. The van der Waals surface area contributed by atoms with Crippen molar-refractivity contribution in [3.05, 3.63) is 56.8 Å². The Bertz CT molecular complexity index is 1070. The molecule has 0 saturated heterocycles. The quantitative estimate of drug-likeness (QED) is 0.424. The van der Waals surface area contributed by atoms with Crippen LogP contribution in [0.25, 0.3) is 11.8 Å². The lowest BCUT2D eigenvalue weighted by Gasteiger charge is -2.12. The lowest BCUT2D eigenvalue weighted by molar-refractivity contribution is -0.144. The van der Waals surface area contributed by atoms with Gasteiger partial charge in [0.05, 0.1) is 15.7 Å². The van der Waals surface area contributed by atoms with Crippen LogP contribution in [0.1, 0.15) is 17.0 Å². The van der Waals surface area contributed by atoms with E-state index in [1.807, 2.05) is 11.5 Å². The zero-order valence-electron chi connectivity index (χ0n) is 15.5. The number of amides is 3. The molecule has 0 fully saturated rings. The predicted molar refractivity (Wildman–Crippen MR) is 108 cm³/mol. The van der Waals surface area contributed by atoms with Crippen molar-refractivity contribution in [1.29, 1.82) is 5.26 Å². The molecular weight excluding hydrogens is 419 g/mol. The van der Waals surface area contributed by atoms with E-state index in [4.69, 9.17) is 33.7 Å². The number of halogens is 2. The second-order valence-electron chi connectivity index (χ2n) is 5.89. The van der Waals surface area contributed by atoms with Crippen LogP contribution in [0, 0.1) is 25.2 Å². The molecule has 0 aliphatic rings. The van der Waals surface area contributed by atoms with Crippen molar-refractivity contribution >= 4 is 47.2 Å². The summed E-state index contributed by atoms with van der Waals surface area (Å²) in [6.07, 6.45) is 1.34. The number of primary amides is 1. The van der Waals surface area contributed by atoms with E-state index in [0.717, 1.165) is 5.69 Å². The molecule has 150 valence electrons. The molecule has 1 aromatic heterocycles. The van der Waals surface area contributed by atoms with E-state index in [0.29, 0.717) is 27.0 Å². The van der Waals surface area contributed by atoms with Crippen LogP contribution in [0.4, 0.5) is 4.79 Å². The monoisotopic (exact) mass is 434 g/mol. The summed E-state index contributed by atoms with van der Waals surface area (Å²) in [7, 11) is 0. The highest BCUT2D eigenvalue weighted by atomic mass is 35.5. The summed E-state index contributed by atoms with van der Waals surface area (Å²) in [6, 6.07) is 7.64. The molecule has 0 bridgehead atoms. The number of nitrogens with zero attached hydrogens (tertiary/aromatic N) is 2. The van der Waals surface area contributed by atoms with Gasteiger partial charge in [-0.25, -0.2) is 9.59 Å². The number of benzene rings is 1. The molecule has 0 aliphatic heterocycles. The van der Waals surface area contributed by atoms with E-state index in [1.165, 1.54) is 6.08 Å². The Morgan fingerprint density at radius 1 is 1.31 bits per heavy atom. The normalized spacial score (nSPS) is 10.9. The van der Waals surface area contributed by atoms with Crippen LogP contribution < -0.4 is 11.1 Å². The molecule has 1 aromatic carbocycles.